The SMILES string of the molecule is CB1C(NC(C)C(C)(C)O)B(C)C(C)C(C)C(C)C(C)C1C. The second-order valence-corrected chi connectivity index (χ2v) is 9.08. The third kappa shape index (κ3) is 4.11. The number of rotatable bonds is 3. The van der Waals surface area contributed by atoms with Crippen LogP contribution in [0, 0.1) is 17.8 Å². The lowest BCUT2D eigenvalue weighted by atomic mass is 9.17. The first-order chi connectivity index (χ1) is 9.89. The normalized spacial score (nSPS) is 39.4. The van der Waals surface area contributed by atoms with Crippen LogP contribution in [0.1, 0.15) is 55.4 Å². The number of nitrogens with one attached hydrogen (secondary N) is 1. The lowest BCUT2D eigenvalue weighted by Gasteiger charge is -2.46. The molecule has 0 aliphatic carbocycles. The molecule has 5 unspecified atom stereocenters. The maximum Gasteiger partial charge on any atom is 0.150 e. The van der Waals surface area contributed by atoms with Gasteiger partial charge in [0.15, 0.2) is 13.4 Å². The highest BCUT2D eigenvalue weighted by Crippen LogP contribution is 2.42. The highest BCUT2D eigenvalue weighted by atomic mass is 16.3. The minimum absolute atomic E-state index is 0.101. The lowest BCUT2D eigenvalue weighted by Crippen LogP contribution is -2.62. The molecule has 0 aromatic heterocycles. The molecule has 128 valence electrons. The fourth-order valence-corrected chi connectivity index (χ4v) is 4.32. The largest absolute Gasteiger partial charge is 0.389 e. The summed E-state index contributed by atoms with van der Waals surface area (Å²) in [5.41, 5.74) is -0.682. The summed E-state index contributed by atoms with van der Waals surface area (Å²) >= 11 is 0. The van der Waals surface area contributed by atoms with E-state index < -0.39 is 5.60 Å². The third-order valence-corrected chi connectivity index (χ3v) is 7.61. The van der Waals surface area contributed by atoms with Gasteiger partial charge in [-0.15, -0.1) is 0 Å². The molecule has 4 heteroatoms. The van der Waals surface area contributed by atoms with Gasteiger partial charge in [0.05, 0.1) is 5.60 Å². The average Bonchev–Trinajstić information content (AvgIpc) is 2.45. The zero-order valence-corrected chi connectivity index (χ0v) is 16.6. The standard InChI is InChI=1S/C18H39B2NO/c1-11-12(2)14(4)19(9)17(20(10)15(5)13(11)3)21-16(6)18(7,8)22/h11-17,21-22H,1-10H3. The average molecular weight is 307 g/mol. The molecular formula is C18H39B2NO. The van der Waals surface area contributed by atoms with Crippen molar-refractivity contribution in [3.8, 4) is 0 Å². The van der Waals surface area contributed by atoms with Gasteiger partial charge in [-0.2, -0.15) is 0 Å². The van der Waals surface area contributed by atoms with E-state index >= 15 is 0 Å². The van der Waals surface area contributed by atoms with Crippen LogP contribution in [-0.2, 0) is 0 Å². The molecule has 1 aliphatic heterocycles. The Morgan fingerprint density at radius 3 is 1.55 bits per heavy atom. The third-order valence-electron chi connectivity index (χ3n) is 7.61. The second kappa shape index (κ2) is 7.30. The molecule has 1 aliphatic rings. The fraction of sp³-hybridized carbons (Fsp3) is 1.00. The Balaban J connectivity index is 3.07. The maximum absolute atomic E-state index is 10.3. The van der Waals surface area contributed by atoms with E-state index in [1.165, 1.54) is 0 Å². The van der Waals surface area contributed by atoms with Crippen molar-refractivity contribution in [1.29, 1.82) is 0 Å². The molecule has 0 bridgehead atoms. The van der Waals surface area contributed by atoms with E-state index in [4.69, 9.17) is 0 Å². The molecule has 0 radical (unpaired) electrons. The first-order valence-corrected chi connectivity index (χ1v) is 9.38. The lowest BCUT2D eigenvalue weighted by molar-refractivity contribution is 0.0447. The number of hydrogen-bond acceptors (Lipinski definition) is 2. The van der Waals surface area contributed by atoms with Crippen molar-refractivity contribution in [2.45, 2.75) is 98.2 Å². The summed E-state index contributed by atoms with van der Waals surface area (Å²) in [5, 5.41) is 14.1. The van der Waals surface area contributed by atoms with Crippen LogP contribution < -0.4 is 5.32 Å². The monoisotopic (exact) mass is 307 g/mol. The Morgan fingerprint density at radius 2 is 1.23 bits per heavy atom. The Bertz CT molecular complexity index is 335. The van der Waals surface area contributed by atoms with E-state index in [-0.39, 0.29) is 6.04 Å². The Labute approximate surface area is 140 Å². The minimum atomic E-state index is -0.682. The van der Waals surface area contributed by atoms with Gasteiger partial charge >= 0.3 is 0 Å². The molecule has 22 heavy (non-hydrogen) atoms. The molecule has 5 atom stereocenters. The van der Waals surface area contributed by atoms with Crippen LogP contribution >= 0.6 is 0 Å². The molecule has 2 nitrogen and oxygen atoms in total. The van der Waals surface area contributed by atoms with Gasteiger partial charge in [-0.3, -0.25) is 0 Å². The molecule has 1 fully saturated rings. The van der Waals surface area contributed by atoms with Gasteiger partial charge < -0.3 is 10.4 Å². The predicted octanol–water partition coefficient (Wildman–Crippen LogP) is 4.13. The van der Waals surface area contributed by atoms with E-state index in [0.29, 0.717) is 30.9 Å². The van der Waals surface area contributed by atoms with Crippen molar-refractivity contribution >= 4 is 13.4 Å². The Morgan fingerprint density at radius 1 is 0.864 bits per heavy atom. The molecule has 0 aromatic rings. The second-order valence-electron chi connectivity index (χ2n) is 9.08. The molecule has 0 amide bonds. The first-order valence-electron chi connectivity index (χ1n) is 9.38. The van der Waals surface area contributed by atoms with Crippen molar-refractivity contribution in [3.05, 3.63) is 0 Å². The van der Waals surface area contributed by atoms with Crippen molar-refractivity contribution < 1.29 is 5.11 Å². The first kappa shape index (κ1) is 20.1. The molecule has 1 heterocycles. The highest BCUT2D eigenvalue weighted by Gasteiger charge is 2.44. The Hall–Kier alpha value is 0.0499. The fourth-order valence-electron chi connectivity index (χ4n) is 4.32. The summed E-state index contributed by atoms with van der Waals surface area (Å²) in [5.74, 6) is 4.09. The summed E-state index contributed by atoms with van der Waals surface area (Å²) in [7, 11) is 0. The van der Waals surface area contributed by atoms with Crippen molar-refractivity contribution in [3.63, 3.8) is 0 Å². The van der Waals surface area contributed by atoms with Gasteiger partial charge in [0, 0.05) is 6.04 Å². The Kier molecular flexibility index (Phi) is 6.67. The molecule has 0 spiro atoms. The van der Waals surface area contributed by atoms with Crippen LogP contribution in [0.25, 0.3) is 0 Å². The van der Waals surface area contributed by atoms with E-state index in [1.807, 2.05) is 13.8 Å². The van der Waals surface area contributed by atoms with Crippen LogP contribution in [-0.4, -0.2) is 36.0 Å². The summed E-state index contributed by atoms with van der Waals surface area (Å²) in [6.07, 6.45) is 0. The van der Waals surface area contributed by atoms with Crippen LogP contribution in [0.3, 0.4) is 0 Å². The van der Waals surface area contributed by atoms with Gasteiger partial charge in [-0.05, 0) is 44.4 Å². The van der Waals surface area contributed by atoms with Gasteiger partial charge in [-0.25, -0.2) is 0 Å². The van der Waals surface area contributed by atoms with Gasteiger partial charge in [0.25, 0.3) is 0 Å². The van der Waals surface area contributed by atoms with Crippen molar-refractivity contribution in [1.82, 2.24) is 5.32 Å². The van der Waals surface area contributed by atoms with Gasteiger partial charge in [0.2, 0.25) is 0 Å². The smallest absolute Gasteiger partial charge is 0.150 e. The maximum atomic E-state index is 10.3. The van der Waals surface area contributed by atoms with E-state index in [9.17, 15) is 5.11 Å². The quantitative estimate of drug-likeness (QED) is 0.768. The molecule has 2 N–H and O–H groups in total. The zero-order valence-electron chi connectivity index (χ0n) is 16.6. The van der Waals surface area contributed by atoms with Crippen molar-refractivity contribution in [2.24, 2.45) is 17.8 Å². The van der Waals surface area contributed by atoms with Crippen molar-refractivity contribution in [2.75, 3.05) is 0 Å². The van der Waals surface area contributed by atoms with Gasteiger partial charge in [0.1, 0.15) is 0 Å². The van der Waals surface area contributed by atoms with Crippen LogP contribution in [0.15, 0.2) is 0 Å². The minimum Gasteiger partial charge on any atom is -0.389 e. The van der Waals surface area contributed by atoms with E-state index in [0.717, 1.165) is 17.8 Å². The van der Waals surface area contributed by atoms with E-state index in [1.54, 1.807) is 0 Å². The summed E-state index contributed by atoms with van der Waals surface area (Å²) < 4.78 is 0. The molecule has 1 saturated heterocycles. The van der Waals surface area contributed by atoms with E-state index in [2.05, 4.69) is 60.5 Å². The van der Waals surface area contributed by atoms with Crippen LogP contribution in [0.4, 0.5) is 0 Å². The highest BCUT2D eigenvalue weighted by molar-refractivity contribution is 6.80. The molecule has 0 aromatic carbocycles. The van der Waals surface area contributed by atoms with Gasteiger partial charge in [-0.1, -0.05) is 59.9 Å². The summed E-state index contributed by atoms with van der Waals surface area (Å²) in [6, 6.07) is 0.101. The molecular weight excluding hydrogens is 268 g/mol. The summed E-state index contributed by atoms with van der Waals surface area (Å²) in [4.78, 5) is 0. The molecule has 0 saturated carbocycles. The van der Waals surface area contributed by atoms with Crippen LogP contribution in [0.2, 0.25) is 25.3 Å². The topological polar surface area (TPSA) is 32.3 Å². The van der Waals surface area contributed by atoms with Crippen LogP contribution in [0.5, 0.6) is 0 Å². The zero-order chi connectivity index (χ0) is 17.4. The summed E-state index contributed by atoms with van der Waals surface area (Å²) in [6.45, 7) is 24.1. The number of hydrogen-bond donors (Lipinski definition) is 2. The number of aliphatic hydroxyl groups is 1. The molecule has 1 rings (SSSR count). The predicted molar refractivity (Wildman–Crippen MR) is 102 cm³/mol.